The molecule has 1 unspecified atom stereocenters. The number of benzene rings is 2. The van der Waals surface area contributed by atoms with Gasteiger partial charge in [0.15, 0.2) is 0 Å². The van der Waals surface area contributed by atoms with Crippen molar-refractivity contribution in [2.75, 3.05) is 6.16 Å². The molecular formula is C18H22BP. The summed E-state index contributed by atoms with van der Waals surface area (Å²) in [6, 6.07) is 22.3. The first-order valence-electron chi connectivity index (χ1n) is 7.57. The van der Waals surface area contributed by atoms with Gasteiger partial charge in [-0.3, -0.25) is 0 Å². The van der Waals surface area contributed by atoms with E-state index in [9.17, 15) is 0 Å². The van der Waals surface area contributed by atoms with E-state index in [1.807, 2.05) is 0 Å². The van der Waals surface area contributed by atoms with Crippen molar-refractivity contribution in [3.63, 3.8) is 0 Å². The van der Waals surface area contributed by atoms with Crippen LogP contribution >= 0.6 is 7.14 Å². The first kappa shape index (κ1) is 13.9. The minimum atomic E-state index is -1.29. The van der Waals surface area contributed by atoms with E-state index in [0.717, 1.165) is 11.7 Å². The van der Waals surface area contributed by atoms with Gasteiger partial charge in [0.05, 0.1) is 0 Å². The van der Waals surface area contributed by atoms with E-state index in [1.54, 1.807) is 10.6 Å². The molecule has 1 aliphatic heterocycles. The molecule has 0 bridgehead atoms. The predicted molar refractivity (Wildman–Crippen MR) is 92.9 cm³/mol. The van der Waals surface area contributed by atoms with Crippen LogP contribution in [0.1, 0.15) is 20.3 Å². The zero-order valence-electron chi connectivity index (χ0n) is 12.4. The second kappa shape index (κ2) is 5.74. The number of hydrogen-bond donors (Lipinski definition) is 0. The minimum Gasteiger partial charge on any atom is -0.178 e. The molecule has 0 N–H and O–H groups in total. The molecule has 0 aliphatic carbocycles. The molecule has 1 saturated heterocycles. The molecule has 0 nitrogen and oxygen atoms in total. The molecule has 2 radical (unpaired) electrons. The van der Waals surface area contributed by atoms with Gasteiger partial charge in [-0.2, -0.15) is 5.82 Å². The Morgan fingerprint density at radius 2 is 1.40 bits per heavy atom. The highest BCUT2D eigenvalue weighted by Crippen LogP contribution is 2.63. The van der Waals surface area contributed by atoms with E-state index in [2.05, 4.69) is 81.5 Å². The van der Waals surface area contributed by atoms with Crippen molar-refractivity contribution >= 4 is 24.7 Å². The average Bonchev–Trinajstić information content (AvgIpc) is 2.96. The maximum Gasteiger partial charge on any atom is 0.0496 e. The summed E-state index contributed by atoms with van der Waals surface area (Å²) in [4.78, 5) is 0. The topological polar surface area (TPSA) is 0 Å². The SMILES string of the molecule is CC(C)C1[B-][P+](c2ccccc2)(c2ccccc2)CC1. The largest absolute Gasteiger partial charge is 0.178 e. The van der Waals surface area contributed by atoms with Crippen LogP contribution in [0.2, 0.25) is 5.82 Å². The smallest absolute Gasteiger partial charge is 0.0496 e. The van der Waals surface area contributed by atoms with Gasteiger partial charge >= 0.3 is 0 Å². The number of hydrogen-bond acceptors (Lipinski definition) is 0. The maximum absolute atomic E-state index is 2.72. The fourth-order valence-electron chi connectivity index (χ4n) is 3.30. The molecule has 1 atom stereocenters. The Morgan fingerprint density at radius 1 is 0.900 bits per heavy atom. The van der Waals surface area contributed by atoms with Crippen molar-refractivity contribution in [2.24, 2.45) is 5.92 Å². The highest BCUT2D eigenvalue weighted by molar-refractivity contribution is 8.11. The minimum absolute atomic E-state index is 0.754. The molecule has 3 rings (SSSR count). The van der Waals surface area contributed by atoms with Crippen LogP contribution in [-0.2, 0) is 0 Å². The summed E-state index contributed by atoms with van der Waals surface area (Å²) in [5.41, 5.74) is 0. The van der Waals surface area contributed by atoms with Crippen molar-refractivity contribution in [3.05, 3.63) is 60.7 Å². The Balaban J connectivity index is 2.06. The summed E-state index contributed by atoms with van der Waals surface area (Å²) in [5, 5.41) is 3.10. The third-order valence-corrected chi connectivity index (χ3v) is 8.85. The molecule has 2 aromatic rings. The van der Waals surface area contributed by atoms with Crippen LogP contribution in [0.4, 0.5) is 0 Å². The van der Waals surface area contributed by atoms with Crippen molar-refractivity contribution < 1.29 is 0 Å². The summed E-state index contributed by atoms with van der Waals surface area (Å²) in [5.74, 6) is 1.52. The first-order valence-corrected chi connectivity index (χ1v) is 9.62. The van der Waals surface area contributed by atoms with Crippen molar-refractivity contribution in [2.45, 2.75) is 26.1 Å². The lowest BCUT2D eigenvalue weighted by Crippen LogP contribution is -2.26. The van der Waals surface area contributed by atoms with Crippen LogP contribution in [0.25, 0.3) is 0 Å². The second-order valence-corrected chi connectivity index (χ2v) is 9.62. The number of rotatable bonds is 3. The van der Waals surface area contributed by atoms with E-state index in [4.69, 9.17) is 0 Å². The van der Waals surface area contributed by atoms with E-state index < -0.39 is 7.14 Å². The Bertz CT molecular complexity index is 511. The second-order valence-electron chi connectivity index (χ2n) is 6.11. The molecule has 0 saturated carbocycles. The van der Waals surface area contributed by atoms with E-state index in [-0.39, 0.29) is 0 Å². The first-order chi connectivity index (χ1) is 9.72. The third kappa shape index (κ3) is 2.45. The van der Waals surface area contributed by atoms with Crippen LogP contribution in [0.15, 0.2) is 60.7 Å². The average molecular weight is 280 g/mol. The van der Waals surface area contributed by atoms with E-state index >= 15 is 0 Å². The summed E-state index contributed by atoms with van der Waals surface area (Å²) in [6.45, 7) is 7.44. The molecule has 1 aliphatic rings. The van der Waals surface area contributed by atoms with Gasteiger partial charge < -0.3 is 0 Å². The molecule has 2 aromatic carbocycles. The van der Waals surface area contributed by atoms with Gasteiger partial charge in [0.2, 0.25) is 0 Å². The molecule has 102 valence electrons. The fourth-order valence-corrected chi connectivity index (χ4v) is 7.87. The fraction of sp³-hybridized carbons (Fsp3) is 0.333. The summed E-state index contributed by atoms with van der Waals surface area (Å²) in [7, 11) is -1.29. The molecule has 20 heavy (non-hydrogen) atoms. The van der Waals surface area contributed by atoms with Gasteiger partial charge in [0.1, 0.15) is 0 Å². The van der Waals surface area contributed by atoms with Gasteiger partial charge in [-0.15, -0.1) is 7.14 Å². The van der Waals surface area contributed by atoms with Crippen LogP contribution in [-0.4, -0.2) is 13.2 Å². The lowest BCUT2D eigenvalue weighted by Gasteiger charge is -2.35. The Hall–Kier alpha value is -1.07. The van der Waals surface area contributed by atoms with Crippen LogP contribution in [0.5, 0.6) is 0 Å². The summed E-state index contributed by atoms with van der Waals surface area (Å²) >= 11 is 0. The standard InChI is InChI=1S/C18H22BP/c1-15(2)18-13-14-20(19-18,16-9-5-3-6-10-16)17-11-7-4-8-12-17/h3-12,15,18H,13-14H2,1-2H3. The van der Waals surface area contributed by atoms with Gasteiger partial charge in [-0.25, -0.2) is 0 Å². The zero-order valence-corrected chi connectivity index (χ0v) is 13.3. The van der Waals surface area contributed by atoms with Crippen molar-refractivity contribution in [3.8, 4) is 0 Å². The van der Waals surface area contributed by atoms with Gasteiger partial charge in [-0.05, 0) is 24.3 Å². The van der Waals surface area contributed by atoms with Gasteiger partial charge in [0, 0.05) is 16.8 Å². The summed E-state index contributed by atoms with van der Waals surface area (Å²) in [6.07, 6.45) is 2.68. The molecule has 2 heteroatoms. The molecule has 0 aromatic heterocycles. The van der Waals surface area contributed by atoms with Crippen LogP contribution < -0.4 is 10.6 Å². The maximum atomic E-state index is 2.72. The Morgan fingerprint density at radius 3 is 1.80 bits per heavy atom. The Labute approximate surface area is 124 Å². The van der Waals surface area contributed by atoms with E-state index in [1.165, 1.54) is 12.6 Å². The van der Waals surface area contributed by atoms with Gasteiger partial charge in [-0.1, -0.05) is 69.6 Å². The molecule has 1 heterocycles. The Kier molecular flexibility index (Phi) is 3.99. The highest BCUT2D eigenvalue weighted by Gasteiger charge is 2.38. The van der Waals surface area contributed by atoms with Crippen LogP contribution in [0.3, 0.4) is 0 Å². The highest BCUT2D eigenvalue weighted by atomic mass is 31.2. The quantitative estimate of drug-likeness (QED) is 0.586. The molecular weight excluding hydrogens is 258 g/mol. The molecule has 0 spiro atoms. The lowest BCUT2D eigenvalue weighted by atomic mass is 9.76. The molecule has 0 amide bonds. The predicted octanol–water partition coefficient (Wildman–Crippen LogP) is 4.12. The summed E-state index contributed by atoms with van der Waals surface area (Å²) < 4.78 is 0. The van der Waals surface area contributed by atoms with Gasteiger partial charge in [0.25, 0.3) is 0 Å². The van der Waals surface area contributed by atoms with Crippen molar-refractivity contribution in [1.82, 2.24) is 0 Å². The zero-order chi connectivity index (χ0) is 14.0. The monoisotopic (exact) mass is 280 g/mol. The normalized spacial score (nSPS) is 21.2. The third-order valence-electron chi connectivity index (χ3n) is 4.55. The van der Waals surface area contributed by atoms with Crippen LogP contribution in [0, 0.1) is 5.92 Å². The van der Waals surface area contributed by atoms with E-state index in [0.29, 0.717) is 0 Å². The van der Waals surface area contributed by atoms with Crippen molar-refractivity contribution in [1.29, 1.82) is 0 Å². The lowest BCUT2D eigenvalue weighted by molar-refractivity contribution is 0.582. The molecule has 1 fully saturated rings.